The van der Waals surface area contributed by atoms with Gasteiger partial charge in [-0.3, -0.25) is 0 Å². The van der Waals surface area contributed by atoms with Crippen molar-refractivity contribution < 1.29 is 0 Å². The van der Waals surface area contributed by atoms with Crippen LogP contribution in [0.15, 0.2) is 146 Å². The third kappa shape index (κ3) is 3.02. The van der Waals surface area contributed by atoms with Crippen LogP contribution >= 0.6 is 0 Å². The van der Waals surface area contributed by atoms with Gasteiger partial charge in [0.25, 0.3) is 0 Å². The van der Waals surface area contributed by atoms with Gasteiger partial charge >= 0.3 is 0 Å². The van der Waals surface area contributed by atoms with Crippen LogP contribution in [0.5, 0.6) is 0 Å². The van der Waals surface area contributed by atoms with Gasteiger partial charge < -0.3 is 4.40 Å². The predicted octanol–water partition coefficient (Wildman–Crippen LogP) is 10.8. The molecule has 3 nitrogen and oxygen atoms in total. The summed E-state index contributed by atoms with van der Waals surface area (Å²) in [6.07, 6.45) is 0. The Kier molecular flexibility index (Phi) is 4.63. The first-order valence-corrected chi connectivity index (χ1v) is 15.9. The fraction of sp³-hybridized carbons (Fsp3) is 0.0233. The molecule has 1 atom stereocenters. The van der Waals surface area contributed by atoms with E-state index in [2.05, 4.69) is 144 Å². The van der Waals surface area contributed by atoms with Crippen LogP contribution in [0.3, 0.4) is 0 Å². The van der Waals surface area contributed by atoms with Gasteiger partial charge in [-0.25, -0.2) is 9.97 Å². The average Bonchev–Trinajstić information content (AvgIpc) is 3.76. The van der Waals surface area contributed by atoms with Crippen LogP contribution in [-0.4, -0.2) is 14.4 Å². The second-order valence-electron chi connectivity index (χ2n) is 12.5. The zero-order valence-electron chi connectivity index (χ0n) is 24.8. The first-order chi connectivity index (χ1) is 22.8. The molecule has 3 aromatic heterocycles. The molecule has 3 heterocycles. The van der Waals surface area contributed by atoms with Gasteiger partial charge in [-0.15, -0.1) is 0 Å². The van der Waals surface area contributed by atoms with E-state index < -0.39 is 0 Å². The van der Waals surface area contributed by atoms with E-state index in [-0.39, 0.29) is 5.92 Å². The third-order valence-electron chi connectivity index (χ3n) is 10.2. The van der Waals surface area contributed by atoms with Gasteiger partial charge in [0.2, 0.25) is 0 Å². The molecular weight excluding hydrogens is 558 g/mol. The fourth-order valence-electron chi connectivity index (χ4n) is 8.36. The van der Waals surface area contributed by atoms with Gasteiger partial charge in [0, 0.05) is 32.5 Å². The summed E-state index contributed by atoms with van der Waals surface area (Å²) in [6.45, 7) is 0. The summed E-state index contributed by atoms with van der Waals surface area (Å²) in [5.41, 5.74) is 12.1. The highest BCUT2D eigenvalue weighted by Crippen LogP contribution is 2.57. The van der Waals surface area contributed by atoms with Crippen LogP contribution in [-0.2, 0) is 0 Å². The molecule has 1 aliphatic rings. The van der Waals surface area contributed by atoms with E-state index in [0.29, 0.717) is 0 Å². The highest BCUT2D eigenvalue weighted by Gasteiger charge is 2.37. The molecule has 0 amide bonds. The van der Waals surface area contributed by atoms with Gasteiger partial charge in [-0.2, -0.15) is 0 Å². The summed E-state index contributed by atoms with van der Waals surface area (Å²) in [5.74, 6) is 0.694. The van der Waals surface area contributed by atoms with E-state index >= 15 is 0 Å². The number of aromatic nitrogens is 3. The van der Waals surface area contributed by atoms with Crippen LogP contribution in [0.4, 0.5) is 0 Å². The molecule has 0 N–H and O–H groups in total. The molecule has 10 aromatic rings. The fourth-order valence-corrected chi connectivity index (χ4v) is 8.36. The Morgan fingerprint density at radius 2 is 1.20 bits per heavy atom. The first kappa shape index (κ1) is 24.3. The minimum atomic E-state index is -0.0676. The van der Waals surface area contributed by atoms with Crippen molar-refractivity contribution in [3.8, 4) is 22.5 Å². The lowest BCUT2D eigenvalue weighted by Gasteiger charge is -2.19. The number of hydrogen-bond donors (Lipinski definition) is 0. The van der Waals surface area contributed by atoms with Gasteiger partial charge in [0.15, 0.2) is 5.82 Å². The number of rotatable bonds is 2. The Morgan fingerprint density at radius 3 is 2.04 bits per heavy atom. The van der Waals surface area contributed by atoms with E-state index in [1.165, 1.54) is 71.1 Å². The van der Waals surface area contributed by atoms with Crippen molar-refractivity contribution in [2.75, 3.05) is 0 Å². The van der Waals surface area contributed by atoms with E-state index in [1.54, 1.807) is 0 Å². The van der Waals surface area contributed by atoms with Crippen molar-refractivity contribution in [1.29, 1.82) is 0 Å². The molecule has 0 fully saturated rings. The Balaban J connectivity index is 1.37. The van der Waals surface area contributed by atoms with Crippen molar-refractivity contribution in [3.63, 3.8) is 0 Å². The maximum Gasteiger partial charge on any atom is 0.160 e. The molecule has 0 spiro atoms. The standard InChI is InChI=1S/C43H25N3/c1-2-13-26(14-3-1)43-44-34-19-9-6-17-29(34)41(45-43)39-33-24-32-28-16-7-10-20-35(28)46-36-21-11-8-18-30(36)40(42(32)46)38(33)31-23-22-25-12-4-5-15-27(25)37(31)39/h1-24,39H. The number of para-hydroxylation sites is 3. The normalized spacial score (nSPS) is 14.3. The van der Waals surface area contributed by atoms with Crippen molar-refractivity contribution in [1.82, 2.24) is 14.4 Å². The lowest BCUT2D eigenvalue weighted by molar-refractivity contribution is 0.962. The quantitative estimate of drug-likeness (QED) is 0.203. The molecule has 1 aliphatic carbocycles. The van der Waals surface area contributed by atoms with Crippen LogP contribution in [0, 0.1) is 0 Å². The maximum absolute atomic E-state index is 5.48. The molecule has 0 bridgehead atoms. The third-order valence-corrected chi connectivity index (χ3v) is 10.2. The van der Waals surface area contributed by atoms with E-state index in [0.717, 1.165) is 28.0 Å². The lowest BCUT2D eigenvalue weighted by Crippen LogP contribution is -2.06. The van der Waals surface area contributed by atoms with Gasteiger partial charge in [0.05, 0.1) is 33.7 Å². The van der Waals surface area contributed by atoms with E-state index in [1.807, 2.05) is 6.07 Å². The number of nitrogens with zero attached hydrogens (tertiary/aromatic N) is 3. The molecule has 3 heteroatoms. The van der Waals surface area contributed by atoms with Crippen LogP contribution in [0.2, 0.25) is 0 Å². The minimum absolute atomic E-state index is 0.0676. The molecule has 212 valence electrons. The number of fused-ring (bicyclic) bond motifs is 13. The topological polar surface area (TPSA) is 30.2 Å². The average molecular weight is 584 g/mol. The van der Waals surface area contributed by atoms with Gasteiger partial charge in [-0.05, 0) is 57.3 Å². The Hall–Kier alpha value is -6.06. The molecule has 46 heavy (non-hydrogen) atoms. The molecule has 0 saturated heterocycles. The van der Waals surface area contributed by atoms with Crippen molar-refractivity contribution in [2.24, 2.45) is 0 Å². The summed E-state index contributed by atoms with van der Waals surface area (Å²) in [6, 6.07) is 52.6. The molecule has 0 saturated carbocycles. The minimum Gasteiger partial charge on any atom is -0.308 e. The highest BCUT2D eigenvalue weighted by atomic mass is 14.9. The summed E-state index contributed by atoms with van der Waals surface area (Å²) in [7, 11) is 0. The van der Waals surface area contributed by atoms with Crippen LogP contribution in [0.25, 0.3) is 82.3 Å². The SMILES string of the molecule is c1ccc(-c2nc(C3c4cc5c6ccccc6n6c7ccccc7c(c4-c4ccc7ccccc7c43)c56)c3ccccc3n2)cc1. The van der Waals surface area contributed by atoms with Crippen molar-refractivity contribution >= 4 is 59.8 Å². The molecule has 0 radical (unpaired) electrons. The zero-order valence-corrected chi connectivity index (χ0v) is 24.8. The van der Waals surface area contributed by atoms with E-state index in [4.69, 9.17) is 9.97 Å². The number of benzene rings is 7. The largest absolute Gasteiger partial charge is 0.308 e. The van der Waals surface area contributed by atoms with Gasteiger partial charge in [-0.1, -0.05) is 121 Å². The summed E-state index contributed by atoms with van der Waals surface area (Å²) in [4.78, 5) is 10.6. The summed E-state index contributed by atoms with van der Waals surface area (Å²) >= 11 is 0. The summed E-state index contributed by atoms with van der Waals surface area (Å²) in [5, 5.41) is 8.83. The van der Waals surface area contributed by atoms with Crippen molar-refractivity contribution in [3.05, 3.63) is 162 Å². The van der Waals surface area contributed by atoms with Gasteiger partial charge in [0.1, 0.15) is 0 Å². The molecular formula is C43H25N3. The molecule has 7 aromatic carbocycles. The lowest BCUT2D eigenvalue weighted by atomic mass is 9.87. The predicted molar refractivity (Wildman–Crippen MR) is 190 cm³/mol. The van der Waals surface area contributed by atoms with Crippen molar-refractivity contribution in [2.45, 2.75) is 5.92 Å². The highest BCUT2D eigenvalue weighted by molar-refractivity contribution is 6.28. The second-order valence-corrected chi connectivity index (χ2v) is 12.5. The molecule has 11 rings (SSSR count). The second kappa shape index (κ2) is 8.77. The monoisotopic (exact) mass is 583 g/mol. The smallest absolute Gasteiger partial charge is 0.160 e. The molecule has 1 unspecified atom stereocenters. The Morgan fingerprint density at radius 1 is 0.522 bits per heavy atom. The Labute approximate surface area is 264 Å². The molecule has 0 aliphatic heterocycles. The maximum atomic E-state index is 5.48. The van der Waals surface area contributed by atoms with E-state index in [9.17, 15) is 0 Å². The Bertz CT molecular complexity index is 2860. The van der Waals surface area contributed by atoms with Crippen LogP contribution < -0.4 is 0 Å². The number of hydrogen-bond acceptors (Lipinski definition) is 2. The van der Waals surface area contributed by atoms with Crippen LogP contribution in [0.1, 0.15) is 22.7 Å². The zero-order chi connectivity index (χ0) is 29.9. The summed E-state index contributed by atoms with van der Waals surface area (Å²) < 4.78 is 2.48. The first-order valence-electron chi connectivity index (χ1n) is 15.9.